The molecule has 2 heterocycles. The maximum Gasteiger partial charge on any atom is 0.220 e. The van der Waals surface area contributed by atoms with Gasteiger partial charge in [0.1, 0.15) is 48.8 Å². The first-order valence-electron chi connectivity index (χ1n) is 33.2. The van der Waals surface area contributed by atoms with Crippen molar-refractivity contribution in [3.05, 3.63) is 36.5 Å². The molecule has 12 unspecified atom stereocenters. The van der Waals surface area contributed by atoms with Crippen molar-refractivity contribution in [1.29, 1.82) is 0 Å². The van der Waals surface area contributed by atoms with Crippen molar-refractivity contribution in [1.82, 2.24) is 5.32 Å². The molecular weight excluding hydrogens is 1010 g/mol. The third-order valence-corrected chi connectivity index (χ3v) is 16.3. The number of aliphatic hydroxyl groups excluding tert-OH is 8. The van der Waals surface area contributed by atoms with E-state index in [0.29, 0.717) is 12.8 Å². The zero-order valence-electron chi connectivity index (χ0n) is 50.8. The van der Waals surface area contributed by atoms with Crippen molar-refractivity contribution in [3.8, 4) is 0 Å². The fourth-order valence-electron chi connectivity index (χ4n) is 11.0. The van der Waals surface area contributed by atoms with Crippen LogP contribution in [0.1, 0.15) is 284 Å². The molecule has 14 nitrogen and oxygen atoms in total. The van der Waals surface area contributed by atoms with Crippen molar-refractivity contribution in [2.75, 3.05) is 19.8 Å². The molecule has 0 bridgehead atoms. The summed E-state index contributed by atoms with van der Waals surface area (Å²) in [7, 11) is 0. The van der Waals surface area contributed by atoms with Crippen LogP contribution in [0.2, 0.25) is 0 Å². The summed E-state index contributed by atoms with van der Waals surface area (Å²) in [5, 5.41) is 87.1. The third-order valence-electron chi connectivity index (χ3n) is 16.3. The molecule has 12 atom stereocenters. The zero-order valence-corrected chi connectivity index (χ0v) is 50.8. The number of hydrogen-bond donors (Lipinski definition) is 9. The highest BCUT2D eigenvalue weighted by atomic mass is 16.7. The molecule has 2 rings (SSSR count). The van der Waals surface area contributed by atoms with E-state index >= 15 is 0 Å². The van der Waals surface area contributed by atoms with E-state index < -0.39 is 86.8 Å². The van der Waals surface area contributed by atoms with Crippen LogP contribution in [0, 0.1) is 0 Å². The van der Waals surface area contributed by atoms with E-state index in [0.717, 1.165) is 32.1 Å². The highest BCUT2D eigenvalue weighted by molar-refractivity contribution is 5.76. The van der Waals surface area contributed by atoms with Crippen molar-refractivity contribution in [2.45, 2.75) is 357 Å². The van der Waals surface area contributed by atoms with Gasteiger partial charge in [-0.05, 0) is 57.8 Å². The molecule has 0 spiro atoms. The Morgan fingerprint density at radius 1 is 0.438 bits per heavy atom. The monoisotopic (exact) mass is 1140 g/mol. The van der Waals surface area contributed by atoms with Crippen LogP contribution in [0.15, 0.2) is 36.5 Å². The maximum absolute atomic E-state index is 13.3. The Bertz CT molecular complexity index is 1480. The van der Waals surface area contributed by atoms with Crippen LogP contribution in [0.5, 0.6) is 0 Å². The van der Waals surface area contributed by atoms with Crippen LogP contribution in [0.3, 0.4) is 0 Å². The number of hydrogen-bond acceptors (Lipinski definition) is 13. The number of allylic oxidation sites excluding steroid dienone is 5. The minimum Gasteiger partial charge on any atom is -0.394 e. The molecular formula is C66H123NO13. The summed E-state index contributed by atoms with van der Waals surface area (Å²) in [5.74, 6) is -0.246. The van der Waals surface area contributed by atoms with Crippen LogP contribution in [-0.4, -0.2) is 140 Å². The van der Waals surface area contributed by atoms with Crippen LogP contribution < -0.4 is 5.32 Å². The second-order valence-electron chi connectivity index (χ2n) is 23.6. The quantitative estimate of drug-likeness (QED) is 0.0204. The molecule has 0 aromatic rings. The summed E-state index contributed by atoms with van der Waals surface area (Å²) in [6.45, 7) is 2.79. The second kappa shape index (κ2) is 51.6. The number of rotatable bonds is 54. The average molecular weight is 1140 g/mol. The van der Waals surface area contributed by atoms with Gasteiger partial charge in [-0.25, -0.2) is 0 Å². The summed E-state index contributed by atoms with van der Waals surface area (Å²) in [6, 6.07) is -0.929. The molecule has 80 heavy (non-hydrogen) atoms. The van der Waals surface area contributed by atoms with E-state index in [1.54, 1.807) is 6.08 Å². The van der Waals surface area contributed by atoms with Gasteiger partial charge in [0.05, 0.1) is 32.0 Å². The average Bonchev–Trinajstić information content (AvgIpc) is 3.49. The lowest BCUT2D eigenvalue weighted by Crippen LogP contribution is -2.65. The summed E-state index contributed by atoms with van der Waals surface area (Å²) in [5.41, 5.74) is 0. The molecule has 470 valence electrons. The van der Waals surface area contributed by atoms with Gasteiger partial charge in [-0.2, -0.15) is 0 Å². The normalized spacial score (nSPS) is 24.4. The molecule has 2 saturated heterocycles. The number of carbonyl (C=O) groups is 1. The number of aliphatic hydroxyl groups is 8. The van der Waals surface area contributed by atoms with Crippen molar-refractivity contribution in [2.24, 2.45) is 0 Å². The summed E-state index contributed by atoms with van der Waals surface area (Å²) in [4.78, 5) is 13.3. The summed E-state index contributed by atoms with van der Waals surface area (Å²) < 4.78 is 22.8. The molecule has 0 radical (unpaired) electrons. The smallest absolute Gasteiger partial charge is 0.220 e. The van der Waals surface area contributed by atoms with Gasteiger partial charge in [-0.1, -0.05) is 256 Å². The van der Waals surface area contributed by atoms with E-state index in [-0.39, 0.29) is 18.9 Å². The van der Waals surface area contributed by atoms with Gasteiger partial charge in [0.25, 0.3) is 0 Å². The molecule has 2 aliphatic heterocycles. The molecule has 1 amide bonds. The SMILES string of the molecule is CCCCCCCCC/C=C/CC/C=C/C(O)C(COC1OC(CO)C(OC2OC(CO)C(O)C(O)C2O)C(O)C1O)NC(=O)CCCCCCCCCCCCCCCCCCCCCCC/C=C\CCCCCCCCCC. The Labute approximate surface area is 487 Å². The Balaban J connectivity index is 1.62. The van der Waals surface area contributed by atoms with Gasteiger partial charge < -0.3 is 65.1 Å². The Hall–Kier alpha value is -1.79. The number of nitrogens with one attached hydrogen (secondary N) is 1. The molecule has 9 N–H and O–H groups in total. The van der Waals surface area contributed by atoms with Crippen LogP contribution in [0.4, 0.5) is 0 Å². The first-order valence-corrected chi connectivity index (χ1v) is 33.2. The molecule has 2 fully saturated rings. The van der Waals surface area contributed by atoms with Crippen LogP contribution >= 0.6 is 0 Å². The predicted octanol–water partition coefficient (Wildman–Crippen LogP) is 12.6. The number of ether oxygens (including phenoxy) is 4. The largest absolute Gasteiger partial charge is 0.394 e. The number of unbranched alkanes of at least 4 members (excludes halogenated alkanes) is 37. The van der Waals surface area contributed by atoms with Crippen molar-refractivity contribution in [3.63, 3.8) is 0 Å². The minimum absolute atomic E-state index is 0.246. The van der Waals surface area contributed by atoms with E-state index in [2.05, 4.69) is 43.5 Å². The molecule has 0 aromatic heterocycles. The summed E-state index contributed by atoms with van der Waals surface area (Å²) in [6.07, 6.45) is 48.0. The number of carbonyl (C=O) groups excluding carboxylic acids is 1. The molecule has 0 aromatic carbocycles. The lowest BCUT2D eigenvalue weighted by atomic mass is 9.97. The Morgan fingerprint density at radius 2 is 0.800 bits per heavy atom. The van der Waals surface area contributed by atoms with Crippen LogP contribution in [0.25, 0.3) is 0 Å². The van der Waals surface area contributed by atoms with Crippen molar-refractivity contribution < 1.29 is 64.6 Å². The first kappa shape index (κ1) is 74.3. The van der Waals surface area contributed by atoms with E-state index in [9.17, 15) is 45.6 Å². The molecule has 0 aliphatic carbocycles. The third kappa shape index (κ3) is 36.1. The van der Waals surface area contributed by atoms with Gasteiger partial charge in [-0.15, -0.1) is 0 Å². The first-order chi connectivity index (χ1) is 39.1. The zero-order chi connectivity index (χ0) is 58.1. The highest BCUT2D eigenvalue weighted by Crippen LogP contribution is 2.30. The number of amides is 1. The van der Waals surface area contributed by atoms with Gasteiger partial charge in [0.2, 0.25) is 5.91 Å². The fourth-order valence-corrected chi connectivity index (χ4v) is 11.0. The van der Waals surface area contributed by atoms with E-state index in [4.69, 9.17) is 18.9 Å². The fraction of sp³-hybridized carbons (Fsp3) is 0.894. The second-order valence-corrected chi connectivity index (χ2v) is 23.6. The van der Waals surface area contributed by atoms with Crippen molar-refractivity contribution >= 4 is 5.91 Å². The topological polar surface area (TPSA) is 228 Å². The van der Waals surface area contributed by atoms with Gasteiger partial charge >= 0.3 is 0 Å². The lowest BCUT2D eigenvalue weighted by Gasteiger charge is -2.46. The highest BCUT2D eigenvalue weighted by Gasteiger charge is 2.51. The van der Waals surface area contributed by atoms with E-state index in [1.165, 1.54) is 218 Å². The molecule has 0 saturated carbocycles. The van der Waals surface area contributed by atoms with Crippen LogP contribution in [-0.2, 0) is 23.7 Å². The van der Waals surface area contributed by atoms with E-state index in [1.807, 2.05) is 6.08 Å². The summed E-state index contributed by atoms with van der Waals surface area (Å²) >= 11 is 0. The maximum atomic E-state index is 13.3. The predicted molar refractivity (Wildman–Crippen MR) is 323 cm³/mol. The van der Waals surface area contributed by atoms with Gasteiger partial charge in [0, 0.05) is 6.42 Å². The Kier molecular flexibility index (Phi) is 47.9. The molecule has 14 heteroatoms. The Morgan fingerprint density at radius 3 is 1.23 bits per heavy atom. The minimum atomic E-state index is -1.79. The van der Waals surface area contributed by atoms with Gasteiger partial charge in [-0.3, -0.25) is 4.79 Å². The molecule has 2 aliphatic rings. The standard InChI is InChI=1S/C66H123NO13/c1-3-5-7-9-11-13-15-17-18-19-20-21-22-23-24-25-26-27-28-29-30-31-32-33-34-35-36-38-40-42-44-46-48-50-58(71)67-54(55(70)49-47-45-43-41-39-37-16-14-12-10-8-6-4-2)53-77-65-63(76)61(74)64(57(52-69)79-65)80-66-62(75)60(73)59(72)56(51-68)78-66/h19-20,39,41,47,49,54-57,59-66,68-70,72-76H,3-18,21-38,40,42-46,48,50-53H2,1-2H3,(H,67,71)/b20-19-,41-39+,49-47+. The lowest BCUT2D eigenvalue weighted by molar-refractivity contribution is -0.359. The van der Waals surface area contributed by atoms with Gasteiger partial charge in [0.15, 0.2) is 12.6 Å².